The van der Waals surface area contributed by atoms with Crippen molar-refractivity contribution in [2.45, 2.75) is 36.0 Å². The van der Waals surface area contributed by atoms with Crippen LogP contribution in [-0.4, -0.2) is 76.4 Å². The van der Waals surface area contributed by atoms with E-state index in [-0.39, 0.29) is 17.9 Å². The third kappa shape index (κ3) is 2.30. The van der Waals surface area contributed by atoms with Crippen LogP contribution in [0, 0.1) is 17.3 Å². The summed E-state index contributed by atoms with van der Waals surface area (Å²) in [5, 5.41) is 0. The third-order valence-corrected chi connectivity index (χ3v) is 11.0. The number of imide groups is 1. The van der Waals surface area contributed by atoms with Crippen molar-refractivity contribution in [1.29, 1.82) is 0 Å². The molecule has 3 fully saturated rings. The van der Waals surface area contributed by atoms with E-state index in [1.165, 1.54) is 10.5 Å². The molecule has 2 aromatic rings. The molecule has 2 aromatic carbocycles. The van der Waals surface area contributed by atoms with Gasteiger partial charge in [0.15, 0.2) is 11.5 Å². The molecular weight excluding hydrogens is 494 g/mol. The SMILES string of the molecule is COc1ccc2c3c1O[C@@H]1[C@]34CCN(C)[C@H](C2)[C@]42C=C[C@@]1(OC)C1C(=O)N(c3ccc(N(C)C)cc3)C(=O)C12. The highest BCUT2D eigenvalue weighted by Gasteiger charge is 2.86. The Balaban J connectivity index is 1.39. The average molecular weight is 528 g/mol. The molecule has 8 nitrogen and oxygen atoms in total. The fourth-order valence-electron chi connectivity index (χ4n) is 9.52. The van der Waals surface area contributed by atoms with Crippen LogP contribution in [0.3, 0.4) is 0 Å². The maximum atomic E-state index is 14.7. The van der Waals surface area contributed by atoms with Gasteiger partial charge in [-0.15, -0.1) is 0 Å². The molecule has 0 aromatic heterocycles. The van der Waals surface area contributed by atoms with Crippen LogP contribution in [0.2, 0.25) is 0 Å². The Hall–Kier alpha value is -3.36. The predicted molar refractivity (Wildman–Crippen MR) is 145 cm³/mol. The van der Waals surface area contributed by atoms with Crippen molar-refractivity contribution in [3.8, 4) is 11.5 Å². The summed E-state index contributed by atoms with van der Waals surface area (Å²) < 4.78 is 19.1. The zero-order chi connectivity index (χ0) is 27.1. The Morgan fingerprint density at radius 1 is 1.00 bits per heavy atom. The van der Waals surface area contributed by atoms with Gasteiger partial charge in [-0.25, -0.2) is 4.90 Å². The van der Waals surface area contributed by atoms with Gasteiger partial charge in [-0.2, -0.15) is 0 Å². The quantitative estimate of drug-likeness (QED) is 0.447. The molecule has 39 heavy (non-hydrogen) atoms. The summed E-state index contributed by atoms with van der Waals surface area (Å²) in [6.45, 7) is 0.880. The first-order valence-corrected chi connectivity index (χ1v) is 13.7. The molecule has 2 saturated heterocycles. The summed E-state index contributed by atoms with van der Waals surface area (Å²) in [6.07, 6.45) is 5.48. The Morgan fingerprint density at radius 3 is 2.44 bits per heavy atom. The van der Waals surface area contributed by atoms with E-state index in [2.05, 4.69) is 30.2 Å². The summed E-state index contributed by atoms with van der Waals surface area (Å²) in [6, 6.07) is 11.8. The van der Waals surface area contributed by atoms with Crippen molar-refractivity contribution in [2.24, 2.45) is 17.3 Å². The number of rotatable bonds is 4. The van der Waals surface area contributed by atoms with Crippen molar-refractivity contribution in [2.75, 3.05) is 51.7 Å². The normalized spacial score (nSPS) is 38.5. The Morgan fingerprint density at radius 2 is 1.74 bits per heavy atom. The van der Waals surface area contributed by atoms with E-state index in [0.717, 1.165) is 36.4 Å². The van der Waals surface area contributed by atoms with Crippen molar-refractivity contribution in [1.82, 2.24) is 4.90 Å². The first-order valence-electron chi connectivity index (χ1n) is 13.7. The van der Waals surface area contributed by atoms with Gasteiger partial charge in [0.05, 0.1) is 30.0 Å². The topological polar surface area (TPSA) is 71.6 Å². The van der Waals surface area contributed by atoms with Crippen molar-refractivity contribution in [3.05, 3.63) is 59.7 Å². The molecule has 3 heterocycles. The van der Waals surface area contributed by atoms with Crippen LogP contribution >= 0.6 is 0 Å². The summed E-state index contributed by atoms with van der Waals surface area (Å²) in [4.78, 5) is 35.0. The fourth-order valence-corrected chi connectivity index (χ4v) is 9.52. The number of hydrogen-bond acceptors (Lipinski definition) is 7. The highest BCUT2D eigenvalue weighted by Crippen LogP contribution is 2.77. The highest BCUT2D eigenvalue weighted by molar-refractivity contribution is 6.23. The standard InChI is InChI=1S/C31H33N3O5/c1-32(2)18-7-9-19(10-8-18)34-26(35)23-24(27(34)36)31(38-5)13-12-29(23)21-16-17-6-11-20(37-4)25-22(17)30(29,28(31)39-25)14-15-33(21)3/h6-13,21,23-24,28H,14-16H2,1-5H3/t21-,23?,24?,28-,29+,30+,31-/m1/s1. The molecular formula is C31H33N3O5. The van der Waals surface area contributed by atoms with Crippen molar-refractivity contribution >= 4 is 23.2 Å². The highest BCUT2D eigenvalue weighted by atomic mass is 16.6. The monoisotopic (exact) mass is 527 g/mol. The zero-order valence-corrected chi connectivity index (χ0v) is 22.9. The third-order valence-electron chi connectivity index (χ3n) is 11.0. The lowest BCUT2D eigenvalue weighted by Crippen LogP contribution is -2.82. The lowest BCUT2D eigenvalue weighted by Gasteiger charge is -2.71. The van der Waals surface area contributed by atoms with E-state index in [1.54, 1.807) is 14.2 Å². The number of anilines is 2. The summed E-state index contributed by atoms with van der Waals surface area (Å²) in [5.74, 6) is -0.120. The number of piperidine rings is 1. The van der Waals surface area contributed by atoms with E-state index in [1.807, 2.05) is 49.3 Å². The molecule has 7 aliphatic rings. The van der Waals surface area contributed by atoms with E-state index in [9.17, 15) is 9.59 Å². The Kier molecular flexibility index (Phi) is 4.36. The maximum Gasteiger partial charge on any atom is 0.241 e. The molecule has 202 valence electrons. The fraction of sp³-hybridized carbons (Fsp3) is 0.484. The van der Waals surface area contributed by atoms with Gasteiger partial charge >= 0.3 is 0 Å². The number of hydrogen-bond donors (Lipinski definition) is 0. The number of methoxy groups -OCH3 is 2. The van der Waals surface area contributed by atoms with Crippen LogP contribution in [0.5, 0.6) is 11.5 Å². The van der Waals surface area contributed by atoms with Gasteiger partial charge in [0, 0.05) is 43.9 Å². The number of ether oxygens (including phenoxy) is 3. The average Bonchev–Trinajstić information content (AvgIpc) is 3.45. The number of amides is 2. The van der Waals surface area contributed by atoms with Crippen LogP contribution in [-0.2, 0) is 26.2 Å². The molecule has 8 heteroatoms. The van der Waals surface area contributed by atoms with Crippen molar-refractivity contribution < 1.29 is 23.8 Å². The molecule has 4 bridgehead atoms. The minimum atomic E-state index is -1.07. The van der Waals surface area contributed by atoms with Gasteiger partial charge in [0.1, 0.15) is 11.7 Å². The van der Waals surface area contributed by atoms with Crippen LogP contribution in [0.15, 0.2) is 48.6 Å². The van der Waals surface area contributed by atoms with Gasteiger partial charge in [-0.1, -0.05) is 18.2 Å². The smallest absolute Gasteiger partial charge is 0.241 e. The lowest BCUT2D eigenvalue weighted by molar-refractivity contribution is -0.229. The second kappa shape index (κ2) is 7.23. The summed E-state index contributed by atoms with van der Waals surface area (Å²) in [5.41, 5.74) is 1.84. The van der Waals surface area contributed by atoms with Crippen molar-refractivity contribution in [3.63, 3.8) is 0 Å². The van der Waals surface area contributed by atoms with Gasteiger partial charge in [0.25, 0.3) is 0 Å². The minimum absolute atomic E-state index is 0.0518. The minimum Gasteiger partial charge on any atom is -0.493 e. The molecule has 1 saturated carbocycles. The van der Waals surface area contributed by atoms with Gasteiger partial charge in [0.2, 0.25) is 11.8 Å². The van der Waals surface area contributed by atoms with E-state index in [0.29, 0.717) is 11.4 Å². The van der Waals surface area contributed by atoms with Gasteiger partial charge < -0.3 is 24.0 Å². The van der Waals surface area contributed by atoms with Gasteiger partial charge in [-0.3, -0.25) is 9.59 Å². The van der Waals surface area contributed by atoms with E-state index < -0.39 is 34.4 Å². The Bertz CT molecular complexity index is 1490. The Labute approximate surface area is 228 Å². The number of carbonyl (C=O) groups is 2. The zero-order valence-electron chi connectivity index (χ0n) is 22.9. The lowest BCUT2D eigenvalue weighted by atomic mass is 9.34. The first kappa shape index (κ1) is 23.5. The van der Waals surface area contributed by atoms with Crippen LogP contribution in [0.1, 0.15) is 17.5 Å². The second-order valence-electron chi connectivity index (χ2n) is 12.3. The number of benzene rings is 2. The number of likely N-dealkylation sites (N-methyl/N-ethyl adjacent to an activating group) is 1. The second-order valence-corrected chi connectivity index (χ2v) is 12.3. The molecule has 7 atom stereocenters. The number of carbonyl (C=O) groups excluding carboxylic acids is 2. The molecule has 9 rings (SSSR count). The number of nitrogens with zero attached hydrogens (tertiary/aromatic N) is 3. The molecule has 0 N–H and O–H groups in total. The summed E-state index contributed by atoms with van der Waals surface area (Å²) in [7, 11) is 9.41. The van der Waals surface area contributed by atoms with Crippen LogP contribution < -0.4 is 19.3 Å². The predicted octanol–water partition coefficient (Wildman–Crippen LogP) is 2.78. The molecule has 2 unspecified atom stereocenters. The van der Waals surface area contributed by atoms with E-state index in [4.69, 9.17) is 14.2 Å². The molecule has 4 aliphatic carbocycles. The molecule has 2 spiro atoms. The largest absolute Gasteiger partial charge is 0.493 e. The number of likely N-dealkylation sites (tertiary alicyclic amines) is 1. The maximum absolute atomic E-state index is 14.7. The van der Waals surface area contributed by atoms with E-state index >= 15 is 0 Å². The van der Waals surface area contributed by atoms with Gasteiger partial charge in [-0.05, 0) is 62.3 Å². The molecule has 3 aliphatic heterocycles. The van der Waals surface area contributed by atoms with Crippen LogP contribution in [0.25, 0.3) is 0 Å². The first-order chi connectivity index (χ1) is 18.8. The molecule has 0 radical (unpaired) electrons. The van der Waals surface area contributed by atoms with Crippen LogP contribution in [0.4, 0.5) is 11.4 Å². The molecule has 2 amide bonds. The summed E-state index contributed by atoms with van der Waals surface area (Å²) >= 11 is 0.